The zero-order valence-electron chi connectivity index (χ0n) is 17.9. The molecule has 2 heterocycles. The maximum absolute atomic E-state index is 12.7. The van der Waals surface area contributed by atoms with Crippen LogP contribution in [0.25, 0.3) is 6.08 Å². The molecule has 0 saturated carbocycles. The summed E-state index contributed by atoms with van der Waals surface area (Å²) in [5.41, 5.74) is 3.23. The zero-order valence-corrected chi connectivity index (χ0v) is 18.7. The lowest BCUT2D eigenvalue weighted by molar-refractivity contribution is -0.125. The van der Waals surface area contributed by atoms with Crippen molar-refractivity contribution in [3.8, 4) is 6.07 Å². The lowest BCUT2D eigenvalue weighted by Gasteiger charge is -2.23. The van der Waals surface area contributed by atoms with Crippen LogP contribution in [0.2, 0.25) is 0 Å². The summed E-state index contributed by atoms with van der Waals surface area (Å²) in [7, 11) is -3.19. The van der Waals surface area contributed by atoms with Crippen LogP contribution in [0.1, 0.15) is 24.0 Å². The molecule has 0 radical (unpaired) electrons. The van der Waals surface area contributed by atoms with E-state index in [0.29, 0.717) is 37.3 Å². The number of amides is 1. The van der Waals surface area contributed by atoms with E-state index < -0.39 is 10.0 Å². The molecule has 0 N–H and O–H groups in total. The van der Waals surface area contributed by atoms with Crippen LogP contribution in [0.3, 0.4) is 0 Å². The van der Waals surface area contributed by atoms with Gasteiger partial charge >= 0.3 is 0 Å². The van der Waals surface area contributed by atoms with Crippen molar-refractivity contribution in [3.63, 3.8) is 0 Å². The van der Waals surface area contributed by atoms with Crippen LogP contribution in [-0.4, -0.2) is 57.7 Å². The van der Waals surface area contributed by atoms with E-state index in [-0.39, 0.29) is 11.7 Å². The zero-order chi connectivity index (χ0) is 22.6. The number of nitriles is 1. The van der Waals surface area contributed by atoms with E-state index in [2.05, 4.69) is 11.0 Å². The fourth-order valence-corrected chi connectivity index (χ4v) is 5.66. The van der Waals surface area contributed by atoms with Gasteiger partial charge in [-0.05, 0) is 60.9 Å². The Balaban J connectivity index is 1.35. The first kappa shape index (κ1) is 21.9. The van der Waals surface area contributed by atoms with Gasteiger partial charge in [-0.15, -0.1) is 0 Å². The Morgan fingerprint density at radius 3 is 2.25 bits per heavy atom. The number of hydrogen-bond donors (Lipinski definition) is 0. The minimum absolute atomic E-state index is 0.0297. The van der Waals surface area contributed by atoms with Crippen LogP contribution >= 0.6 is 0 Å². The summed E-state index contributed by atoms with van der Waals surface area (Å²) in [6.45, 7) is 3.45. The van der Waals surface area contributed by atoms with Crippen molar-refractivity contribution >= 4 is 33.4 Å². The number of anilines is 2. The molecule has 4 rings (SSSR count). The van der Waals surface area contributed by atoms with Gasteiger partial charge in [0.15, 0.2) is 0 Å². The molecule has 2 saturated heterocycles. The molecule has 0 aromatic heterocycles. The second-order valence-corrected chi connectivity index (χ2v) is 10.0. The largest absolute Gasteiger partial charge is 0.370 e. The quantitative estimate of drug-likeness (QED) is 0.669. The molecule has 2 aromatic rings. The molecule has 2 aliphatic heterocycles. The first-order valence-electron chi connectivity index (χ1n) is 10.8. The second kappa shape index (κ2) is 9.45. The summed E-state index contributed by atoms with van der Waals surface area (Å²) in [5, 5.41) is 8.96. The number of carbonyl (C=O) groups excluding carboxylic acids is 1. The Kier molecular flexibility index (Phi) is 6.47. The molecule has 2 aliphatic rings. The molecule has 0 atom stereocenters. The van der Waals surface area contributed by atoms with Crippen LogP contribution in [0.15, 0.2) is 54.6 Å². The highest BCUT2D eigenvalue weighted by molar-refractivity contribution is 7.93. The summed E-state index contributed by atoms with van der Waals surface area (Å²) >= 11 is 0. The maximum Gasteiger partial charge on any atom is 0.246 e. The number of benzene rings is 2. The van der Waals surface area contributed by atoms with Crippen molar-refractivity contribution in [2.45, 2.75) is 12.8 Å². The fourth-order valence-electron chi connectivity index (χ4n) is 4.10. The van der Waals surface area contributed by atoms with Crippen molar-refractivity contribution in [3.05, 3.63) is 65.7 Å². The third kappa shape index (κ3) is 4.94. The third-order valence-electron chi connectivity index (χ3n) is 5.87. The topological polar surface area (TPSA) is 84.7 Å². The van der Waals surface area contributed by atoms with Gasteiger partial charge in [-0.1, -0.05) is 12.1 Å². The summed E-state index contributed by atoms with van der Waals surface area (Å²) in [6, 6.07) is 16.9. The van der Waals surface area contributed by atoms with Crippen LogP contribution in [0.5, 0.6) is 0 Å². The van der Waals surface area contributed by atoms with Crippen LogP contribution in [0, 0.1) is 11.3 Å². The van der Waals surface area contributed by atoms with Gasteiger partial charge in [0.25, 0.3) is 0 Å². The van der Waals surface area contributed by atoms with E-state index in [0.717, 1.165) is 30.8 Å². The normalized spacial score (nSPS) is 18.5. The average molecular weight is 451 g/mol. The molecular formula is C24H26N4O3S. The number of hydrogen-bond acceptors (Lipinski definition) is 5. The number of carbonyl (C=O) groups is 1. The van der Waals surface area contributed by atoms with Gasteiger partial charge in [0, 0.05) is 44.5 Å². The Labute approximate surface area is 189 Å². The molecule has 0 unspecified atom stereocenters. The standard InChI is InChI=1S/C24H26N4O3S/c25-19-21-5-8-22(9-6-21)26-13-1-14-27(17-16-26)24(29)12-7-20-3-10-23(11-4-20)28-15-2-18-32(28,30)31/h3-12H,1-2,13-18H2/b12-7+. The summed E-state index contributed by atoms with van der Waals surface area (Å²) < 4.78 is 25.6. The average Bonchev–Trinajstić information content (AvgIpc) is 3.00. The van der Waals surface area contributed by atoms with E-state index in [1.54, 1.807) is 24.3 Å². The van der Waals surface area contributed by atoms with Gasteiger partial charge in [-0.2, -0.15) is 5.26 Å². The molecule has 8 heteroatoms. The van der Waals surface area contributed by atoms with Gasteiger partial charge in [0.2, 0.25) is 15.9 Å². The van der Waals surface area contributed by atoms with E-state index in [1.165, 1.54) is 4.31 Å². The Hall–Kier alpha value is -3.31. The Bertz CT molecular complexity index is 1140. The van der Waals surface area contributed by atoms with Crippen molar-refractivity contribution in [1.29, 1.82) is 5.26 Å². The lowest BCUT2D eigenvalue weighted by Crippen LogP contribution is -2.34. The molecule has 7 nitrogen and oxygen atoms in total. The van der Waals surface area contributed by atoms with E-state index >= 15 is 0 Å². The molecule has 166 valence electrons. The monoisotopic (exact) mass is 450 g/mol. The van der Waals surface area contributed by atoms with Gasteiger partial charge in [-0.25, -0.2) is 8.42 Å². The molecule has 32 heavy (non-hydrogen) atoms. The van der Waals surface area contributed by atoms with Gasteiger partial charge in [0.1, 0.15) is 0 Å². The highest BCUT2D eigenvalue weighted by Crippen LogP contribution is 2.24. The highest BCUT2D eigenvalue weighted by atomic mass is 32.2. The molecule has 0 spiro atoms. The Morgan fingerprint density at radius 2 is 1.59 bits per heavy atom. The molecule has 2 fully saturated rings. The molecule has 1 amide bonds. The molecule has 0 aliphatic carbocycles. The summed E-state index contributed by atoms with van der Waals surface area (Å²) in [6.07, 6.45) is 4.88. The van der Waals surface area contributed by atoms with Crippen LogP contribution in [0.4, 0.5) is 11.4 Å². The highest BCUT2D eigenvalue weighted by Gasteiger charge is 2.28. The fraction of sp³-hybridized carbons (Fsp3) is 0.333. The first-order chi connectivity index (χ1) is 15.5. The summed E-state index contributed by atoms with van der Waals surface area (Å²) in [5.74, 6) is 0.166. The second-order valence-electron chi connectivity index (χ2n) is 7.99. The van der Waals surface area contributed by atoms with E-state index in [1.807, 2.05) is 41.3 Å². The van der Waals surface area contributed by atoms with E-state index in [9.17, 15) is 13.2 Å². The summed E-state index contributed by atoms with van der Waals surface area (Å²) in [4.78, 5) is 16.8. The third-order valence-corrected chi connectivity index (χ3v) is 7.74. The lowest BCUT2D eigenvalue weighted by atomic mass is 10.2. The maximum atomic E-state index is 12.7. The van der Waals surface area contributed by atoms with Gasteiger partial charge in [0.05, 0.1) is 23.1 Å². The van der Waals surface area contributed by atoms with Crippen molar-refractivity contribution in [1.82, 2.24) is 4.90 Å². The minimum Gasteiger partial charge on any atom is -0.370 e. The van der Waals surface area contributed by atoms with Crippen molar-refractivity contribution < 1.29 is 13.2 Å². The van der Waals surface area contributed by atoms with Gasteiger partial charge in [-0.3, -0.25) is 9.10 Å². The predicted molar refractivity (Wildman–Crippen MR) is 126 cm³/mol. The van der Waals surface area contributed by atoms with Crippen LogP contribution in [-0.2, 0) is 14.8 Å². The van der Waals surface area contributed by atoms with Crippen molar-refractivity contribution in [2.75, 3.05) is 47.7 Å². The first-order valence-corrected chi connectivity index (χ1v) is 12.4. The van der Waals surface area contributed by atoms with Gasteiger partial charge < -0.3 is 9.80 Å². The van der Waals surface area contributed by atoms with Crippen LogP contribution < -0.4 is 9.21 Å². The number of sulfonamides is 1. The predicted octanol–water partition coefficient (Wildman–Crippen LogP) is 2.85. The Morgan fingerprint density at radius 1 is 0.875 bits per heavy atom. The molecule has 0 bridgehead atoms. The van der Waals surface area contributed by atoms with E-state index in [4.69, 9.17) is 5.26 Å². The number of nitrogens with zero attached hydrogens (tertiary/aromatic N) is 4. The number of rotatable bonds is 4. The molecular weight excluding hydrogens is 424 g/mol. The van der Waals surface area contributed by atoms with Crippen molar-refractivity contribution in [2.24, 2.45) is 0 Å². The molecule has 2 aromatic carbocycles. The minimum atomic E-state index is -3.19. The smallest absolute Gasteiger partial charge is 0.246 e. The SMILES string of the molecule is N#Cc1ccc(N2CCCN(C(=O)/C=C/c3ccc(N4CCCS4(=O)=O)cc3)CC2)cc1.